The summed E-state index contributed by atoms with van der Waals surface area (Å²) >= 11 is 18.4. The number of halogens is 3. The van der Waals surface area contributed by atoms with E-state index in [1.54, 1.807) is 12.1 Å². The molecule has 84 valence electrons. The van der Waals surface area contributed by atoms with Crippen molar-refractivity contribution in [3.05, 3.63) is 33.8 Å². The molecule has 0 saturated carbocycles. The lowest BCUT2D eigenvalue weighted by molar-refractivity contribution is 0.406. The molecule has 0 aromatic heterocycles. The third-order valence-electron chi connectivity index (χ3n) is 2.77. The quantitative estimate of drug-likeness (QED) is 0.627. The molecule has 0 aliphatic carbocycles. The summed E-state index contributed by atoms with van der Waals surface area (Å²) in [6.07, 6.45) is 0. The molecule has 0 bridgehead atoms. The van der Waals surface area contributed by atoms with Crippen LogP contribution in [0.15, 0.2) is 18.2 Å². The Hall–Kier alpha value is 0.0900. The summed E-state index contributed by atoms with van der Waals surface area (Å²) in [6, 6.07) is 5.42. The van der Waals surface area contributed by atoms with E-state index >= 15 is 0 Å². The SMILES string of the molecule is CC(C)C(C)C(Cl)c1cc(Cl)ccc1Cl. The molecule has 0 heterocycles. The largest absolute Gasteiger partial charge is 0.117 e. The molecule has 0 N–H and O–H groups in total. The molecule has 0 aliphatic rings. The average molecular weight is 266 g/mol. The van der Waals surface area contributed by atoms with Crippen LogP contribution in [0.3, 0.4) is 0 Å². The van der Waals surface area contributed by atoms with Gasteiger partial charge >= 0.3 is 0 Å². The Morgan fingerprint density at radius 3 is 2.20 bits per heavy atom. The summed E-state index contributed by atoms with van der Waals surface area (Å²) in [5, 5.41) is 1.28. The Morgan fingerprint density at radius 1 is 1.07 bits per heavy atom. The van der Waals surface area contributed by atoms with Crippen molar-refractivity contribution >= 4 is 34.8 Å². The Balaban J connectivity index is 2.99. The van der Waals surface area contributed by atoms with Gasteiger partial charge in [-0.1, -0.05) is 44.0 Å². The van der Waals surface area contributed by atoms with Crippen LogP contribution >= 0.6 is 34.8 Å². The van der Waals surface area contributed by atoms with Gasteiger partial charge < -0.3 is 0 Å². The smallest absolute Gasteiger partial charge is 0.0628 e. The van der Waals surface area contributed by atoms with Crippen LogP contribution in [0, 0.1) is 11.8 Å². The second kappa shape index (κ2) is 5.43. The van der Waals surface area contributed by atoms with Crippen LogP contribution in [0.1, 0.15) is 31.7 Å². The molecule has 3 heteroatoms. The molecular formula is C12H15Cl3. The second-order valence-electron chi connectivity index (χ2n) is 4.17. The van der Waals surface area contributed by atoms with Gasteiger partial charge in [0.2, 0.25) is 0 Å². The summed E-state index contributed by atoms with van der Waals surface area (Å²) in [4.78, 5) is 0. The predicted octanol–water partition coefficient (Wildman–Crippen LogP) is 5.57. The standard InChI is InChI=1S/C12H15Cl3/c1-7(2)8(3)12(15)10-6-9(13)4-5-11(10)14/h4-8,12H,1-3H3. The molecule has 2 unspecified atom stereocenters. The zero-order valence-electron chi connectivity index (χ0n) is 9.10. The first-order valence-electron chi connectivity index (χ1n) is 5.02. The van der Waals surface area contributed by atoms with E-state index in [9.17, 15) is 0 Å². The highest BCUT2D eigenvalue weighted by molar-refractivity contribution is 6.34. The summed E-state index contributed by atoms with van der Waals surface area (Å²) in [5.74, 6) is 0.880. The molecular weight excluding hydrogens is 250 g/mol. The number of hydrogen-bond acceptors (Lipinski definition) is 0. The van der Waals surface area contributed by atoms with E-state index in [2.05, 4.69) is 20.8 Å². The van der Waals surface area contributed by atoms with E-state index in [-0.39, 0.29) is 5.38 Å². The van der Waals surface area contributed by atoms with Crippen LogP contribution in [0.25, 0.3) is 0 Å². The van der Waals surface area contributed by atoms with Gasteiger partial charge in [0, 0.05) is 10.0 Å². The van der Waals surface area contributed by atoms with E-state index < -0.39 is 0 Å². The van der Waals surface area contributed by atoms with Gasteiger partial charge in [0.25, 0.3) is 0 Å². The fourth-order valence-corrected chi connectivity index (χ4v) is 2.29. The van der Waals surface area contributed by atoms with Crippen molar-refractivity contribution in [1.29, 1.82) is 0 Å². The second-order valence-corrected chi connectivity index (χ2v) is 5.48. The minimum atomic E-state index is -0.0869. The first kappa shape index (κ1) is 13.2. The highest BCUT2D eigenvalue weighted by Crippen LogP contribution is 2.38. The molecule has 0 radical (unpaired) electrons. The summed E-state index contributed by atoms with van der Waals surface area (Å²) in [5.41, 5.74) is 0.923. The van der Waals surface area contributed by atoms with E-state index in [0.29, 0.717) is 21.9 Å². The van der Waals surface area contributed by atoms with E-state index in [0.717, 1.165) is 5.56 Å². The normalized spacial score (nSPS) is 15.4. The molecule has 0 amide bonds. The maximum atomic E-state index is 6.39. The van der Waals surface area contributed by atoms with Gasteiger partial charge in [-0.05, 0) is 35.6 Å². The lowest BCUT2D eigenvalue weighted by atomic mass is 9.90. The zero-order chi connectivity index (χ0) is 11.6. The van der Waals surface area contributed by atoms with Gasteiger partial charge in [-0.25, -0.2) is 0 Å². The zero-order valence-corrected chi connectivity index (χ0v) is 11.4. The number of alkyl halides is 1. The van der Waals surface area contributed by atoms with Crippen molar-refractivity contribution in [2.45, 2.75) is 26.1 Å². The van der Waals surface area contributed by atoms with Crippen molar-refractivity contribution in [1.82, 2.24) is 0 Å². The van der Waals surface area contributed by atoms with E-state index in [1.807, 2.05) is 6.07 Å². The van der Waals surface area contributed by atoms with Gasteiger partial charge in [-0.2, -0.15) is 0 Å². The lowest BCUT2D eigenvalue weighted by Crippen LogP contribution is -2.11. The first-order valence-corrected chi connectivity index (χ1v) is 6.21. The van der Waals surface area contributed by atoms with Crippen LogP contribution in [0.2, 0.25) is 10.0 Å². The van der Waals surface area contributed by atoms with Crippen molar-refractivity contribution in [2.24, 2.45) is 11.8 Å². The maximum absolute atomic E-state index is 6.39. The molecule has 0 saturated heterocycles. The minimum Gasteiger partial charge on any atom is -0.117 e. The van der Waals surface area contributed by atoms with Gasteiger partial charge in [0.15, 0.2) is 0 Å². The fourth-order valence-electron chi connectivity index (χ4n) is 1.35. The van der Waals surface area contributed by atoms with Gasteiger partial charge in [0.05, 0.1) is 5.38 Å². The van der Waals surface area contributed by atoms with Gasteiger partial charge in [0.1, 0.15) is 0 Å². The first-order chi connectivity index (χ1) is 6.93. The Morgan fingerprint density at radius 2 is 1.67 bits per heavy atom. The molecule has 0 nitrogen and oxygen atoms in total. The topological polar surface area (TPSA) is 0 Å². The molecule has 2 atom stereocenters. The van der Waals surface area contributed by atoms with E-state index in [4.69, 9.17) is 34.8 Å². The highest BCUT2D eigenvalue weighted by atomic mass is 35.5. The van der Waals surface area contributed by atoms with Crippen LogP contribution in [0.4, 0.5) is 0 Å². The highest BCUT2D eigenvalue weighted by Gasteiger charge is 2.21. The summed E-state index contributed by atoms with van der Waals surface area (Å²) < 4.78 is 0. The Kier molecular flexibility index (Phi) is 4.76. The predicted molar refractivity (Wildman–Crippen MR) is 69.1 cm³/mol. The van der Waals surface area contributed by atoms with Crippen LogP contribution < -0.4 is 0 Å². The molecule has 0 aliphatic heterocycles. The van der Waals surface area contributed by atoms with Gasteiger partial charge in [-0.3, -0.25) is 0 Å². The van der Waals surface area contributed by atoms with Crippen molar-refractivity contribution in [3.63, 3.8) is 0 Å². The van der Waals surface area contributed by atoms with Gasteiger partial charge in [-0.15, -0.1) is 11.6 Å². The molecule has 1 rings (SSSR count). The van der Waals surface area contributed by atoms with Crippen LogP contribution in [0.5, 0.6) is 0 Å². The Bertz CT molecular complexity index is 334. The monoisotopic (exact) mass is 264 g/mol. The number of hydrogen-bond donors (Lipinski definition) is 0. The molecule has 0 fully saturated rings. The molecule has 1 aromatic carbocycles. The van der Waals surface area contributed by atoms with Crippen LogP contribution in [-0.4, -0.2) is 0 Å². The van der Waals surface area contributed by atoms with Crippen molar-refractivity contribution in [2.75, 3.05) is 0 Å². The Labute approximate surface area is 107 Å². The van der Waals surface area contributed by atoms with E-state index in [1.165, 1.54) is 0 Å². The average Bonchev–Trinajstić information content (AvgIpc) is 2.19. The summed E-state index contributed by atoms with van der Waals surface area (Å²) in [6.45, 7) is 6.43. The molecule has 0 spiro atoms. The third kappa shape index (κ3) is 3.27. The minimum absolute atomic E-state index is 0.0869. The van der Waals surface area contributed by atoms with Crippen molar-refractivity contribution in [3.8, 4) is 0 Å². The lowest BCUT2D eigenvalue weighted by Gasteiger charge is -2.22. The summed E-state index contributed by atoms with van der Waals surface area (Å²) in [7, 11) is 0. The van der Waals surface area contributed by atoms with Crippen LogP contribution in [-0.2, 0) is 0 Å². The number of benzene rings is 1. The molecule has 15 heavy (non-hydrogen) atoms. The number of rotatable bonds is 3. The maximum Gasteiger partial charge on any atom is 0.0628 e. The fraction of sp³-hybridized carbons (Fsp3) is 0.500. The molecule has 1 aromatic rings. The third-order valence-corrected chi connectivity index (χ3v) is 3.98. The van der Waals surface area contributed by atoms with Crippen molar-refractivity contribution < 1.29 is 0 Å².